The van der Waals surface area contributed by atoms with Gasteiger partial charge in [0.25, 0.3) is 0 Å². The molecule has 2 rings (SSSR count). The zero-order valence-electron chi connectivity index (χ0n) is 17.6. The van der Waals surface area contributed by atoms with E-state index < -0.39 is 0 Å². The summed E-state index contributed by atoms with van der Waals surface area (Å²) in [5.41, 5.74) is 2.21. The van der Waals surface area contributed by atoms with Crippen molar-refractivity contribution in [2.75, 3.05) is 31.9 Å². The second-order valence-electron chi connectivity index (χ2n) is 7.19. The maximum absolute atomic E-state index is 12.5. The van der Waals surface area contributed by atoms with Crippen molar-refractivity contribution >= 4 is 23.3 Å². The molecule has 156 valence electrons. The molecule has 29 heavy (non-hydrogen) atoms. The van der Waals surface area contributed by atoms with Gasteiger partial charge in [-0.3, -0.25) is 4.79 Å². The number of nitrogens with zero attached hydrogens (tertiary/aromatic N) is 1. The van der Waals surface area contributed by atoms with E-state index in [-0.39, 0.29) is 11.9 Å². The first-order valence-corrected chi connectivity index (χ1v) is 9.45. The third kappa shape index (κ3) is 6.71. The number of urea groups is 1. The summed E-state index contributed by atoms with van der Waals surface area (Å²) in [5.74, 6) is 1.63. The van der Waals surface area contributed by atoms with Gasteiger partial charge in [-0.05, 0) is 42.3 Å². The van der Waals surface area contributed by atoms with Crippen LogP contribution < -0.4 is 20.1 Å². The lowest BCUT2D eigenvalue weighted by molar-refractivity contribution is -0.116. The van der Waals surface area contributed by atoms with Gasteiger partial charge < -0.3 is 25.0 Å². The van der Waals surface area contributed by atoms with Crippen molar-refractivity contribution in [2.45, 2.75) is 26.8 Å². The number of rotatable bonds is 8. The summed E-state index contributed by atoms with van der Waals surface area (Å²) in [6.07, 6.45) is 0.470. The number of anilines is 2. The van der Waals surface area contributed by atoms with Crippen LogP contribution in [0.4, 0.5) is 16.2 Å². The van der Waals surface area contributed by atoms with Gasteiger partial charge in [0.15, 0.2) is 0 Å². The molecule has 0 unspecified atom stereocenters. The van der Waals surface area contributed by atoms with Gasteiger partial charge in [0.2, 0.25) is 5.91 Å². The number of nitrogens with one attached hydrogen (secondary N) is 2. The van der Waals surface area contributed by atoms with Gasteiger partial charge in [-0.15, -0.1) is 0 Å². The molecule has 0 heterocycles. The van der Waals surface area contributed by atoms with Crippen LogP contribution in [0.25, 0.3) is 0 Å². The third-order valence-corrected chi connectivity index (χ3v) is 4.26. The summed E-state index contributed by atoms with van der Waals surface area (Å²) in [5, 5.41) is 5.69. The first kappa shape index (κ1) is 22.1. The van der Waals surface area contributed by atoms with Gasteiger partial charge in [-0.1, -0.05) is 13.8 Å². The Labute approximate surface area is 172 Å². The van der Waals surface area contributed by atoms with Crippen LogP contribution in [0.1, 0.15) is 25.8 Å². The summed E-state index contributed by atoms with van der Waals surface area (Å²) >= 11 is 0. The van der Waals surface area contributed by atoms with Crippen molar-refractivity contribution in [1.29, 1.82) is 0 Å². The minimum atomic E-state index is -0.250. The lowest BCUT2D eigenvalue weighted by atomic mass is 10.1. The minimum absolute atomic E-state index is 0.0232. The predicted molar refractivity (Wildman–Crippen MR) is 115 cm³/mol. The van der Waals surface area contributed by atoms with Crippen LogP contribution in [-0.4, -0.2) is 38.1 Å². The highest BCUT2D eigenvalue weighted by Crippen LogP contribution is 2.25. The highest BCUT2D eigenvalue weighted by atomic mass is 16.5. The maximum Gasteiger partial charge on any atom is 0.321 e. The quantitative estimate of drug-likeness (QED) is 0.691. The first-order chi connectivity index (χ1) is 13.8. The standard InChI is InChI=1S/C22H29N3O4/c1-15(2)12-21(26)23-17-7-9-18(10-8-17)24-22(27)25(3)14-16-6-11-19(28-4)13-20(16)29-5/h6-11,13,15H,12,14H2,1-5H3,(H,23,26)(H,24,27). The van der Waals surface area contributed by atoms with Crippen molar-refractivity contribution in [3.63, 3.8) is 0 Å². The van der Waals surface area contributed by atoms with Crippen molar-refractivity contribution in [1.82, 2.24) is 4.90 Å². The van der Waals surface area contributed by atoms with E-state index in [1.54, 1.807) is 56.5 Å². The number of amides is 3. The second kappa shape index (κ2) is 10.4. The molecule has 0 atom stereocenters. The first-order valence-electron chi connectivity index (χ1n) is 9.45. The van der Waals surface area contributed by atoms with Gasteiger partial charge in [-0.2, -0.15) is 0 Å². The Kier molecular flexibility index (Phi) is 7.88. The van der Waals surface area contributed by atoms with E-state index in [4.69, 9.17) is 9.47 Å². The van der Waals surface area contributed by atoms with Crippen LogP contribution in [0.2, 0.25) is 0 Å². The molecular weight excluding hydrogens is 370 g/mol. The molecule has 2 aromatic rings. The molecule has 0 spiro atoms. The van der Waals surface area contributed by atoms with Crippen LogP contribution in [0.5, 0.6) is 11.5 Å². The number of carbonyl (C=O) groups is 2. The van der Waals surface area contributed by atoms with Crippen molar-refractivity contribution < 1.29 is 19.1 Å². The van der Waals surface area contributed by atoms with Gasteiger partial charge in [-0.25, -0.2) is 4.79 Å². The van der Waals surface area contributed by atoms with E-state index in [1.807, 2.05) is 26.0 Å². The number of hydrogen-bond donors (Lipinski definition) is 2. The Morgan fingerprint density at radius 2 is 1.59 bits per heavy atom. The molecule has 0 aliphatic rings. The summed E-state index contributed by atoms with van der Waals surface area (Å²) in [6, 6.07) is 12.3. The Bertz CT molecular complexity index is 834. The number of ether oxygens (including phenoxy) is 2. The molecule has 0 aliphatic carbocycles. The zero-order chi connectivity index (χ0) is 21.4. The van der Waals surface area contributed by atoms with Gasteiger partial charge in [0.05, 0.1) is 20.8 Å². The average molecular weight is 399 g/mol. The fourth-order valence-electron chi connectivity index (χ4n) is 2.75. The molecular formula is C22H29N3O4. The van der Waals surface area contributed by atoms with E-state index >= 15 is 0 Å². The molecule has 2 N–H and O–H groups in total. The number of methoxy groups -OCH3 is 2. The van der Waals surface area contributed by atoms with E-state index in [0.717, 1.165) is 5.56 Å². The van der Waals surface area contributed by atoms with Gasteiger partial charge in [0.1, 0.15) is 11.5 Å². The molecule has 0 aliphatic heterocycles. The number of hydrogen-bond acceptors (Lipinski definition) is 4. The molecule has 0 aromatic heterocycles. The summed E-state index contributed by atoms with van der Waals surface area (Å²) in [7, 11) is 4.88. The lowest BCUT2D eigenvalue weighted by Crippen LogP contribution is -2.31. The van der Waals surface area contributed by atoms with Gasteiger partial charge >= 0.3 is 6.03 Å². The Morgan fingerprint density at radius 3 is 2.14 bits per heavy atom. The molecule has 0 saturated carbocycles. The van der Waals surface area contributed by atoms with Crippen molar-refractivity contribution in [2.24, 2.45) is 5.92 Å². The maximum atomic E-state index is 12.5. The Morgan fingerprint density at radius 1 is 0.966 bits per heavy atom. The third-order valence-electron chi connectivity index (χ3n) is 4.26. The summed E-state index contributed by atoms with van der Waals surface area (Å²) < 4.78 is 10.6. The van der Waals surface area contributed by atoms with Crippen LogP contribution >= 0.6 is 0 Å². The van der Waals surface area contributed by atoms with E-state index in [1.165, 1.54) is 0 Å². The topological polar surface area (TPSA) is 79.9 Å². The largest absolute Gasteiger partial charge is 0.497 e. The smallest absolute Gasteiger partial charge is 0.321 e. The predicted octanol–water partition coefficient (Wildman–Crippen LogP) is 4.35. The molecule has 2 aromatic carbocycles. The zero-order valence-corrected chi connectivity index (χ0v) is 17.6. The molecule has 7 nitrogen and oxygen atoms in total. The molecule has 0 saturated heterocycles. The van der Waals surface area contributed by atoms with Gasteiger partial charge in [0, 0.05) is 36.5 Å². The summed E-state index contributed by atoms with van der Waals surface area (Å²) in [6.45, 7) is 4.37. The molecule has 0 radical (unpaired) electrons. The van der Waals surface area contributed by atoms with E-state index in [0.29, 0.717) is 41.8 Å². The van der Waals surface area contributed by atoms with Crippen LogP contribution in [-0.2, 0) is 11.3 Å². The fraction of sp³-hybridized carbons (Fsp3) is 0.364. The highest BCUT2D eigenvalue weighted by Gasteiger charge is 2.13. The summed E-state index contributed by atoms with van der Waals surface area (Å²) in [4.78, 5) is 25.9. The molecule has 0 fully saturated rings. The van der Waals surface area contributed by atoms with E-state index in [9.17, 15) is 9.59 Å². The van der Waals surface area contributed by atoms with Crippen LogP contribution in [0.3, 0.4) is 0 Å². The number of carbonyl (C=O) groups excluding carboxylic acids is 2. The van der Waals surface area contributed by atoms with Crippen LogP contribution in [0.15, 0.2) is 42.5 Å². The molecule has 7 heteroatoms. The Balaban J connectivity index is 1.95. The number of benzene rings is 2. The normalized spacial score (nSPS) is 10.4. The highest BCUT2D eigenvalue weighted by molar-refractivity contribution is 5.92. The van der Waals surface area contributed by atoms with E-state index in [2.05, 4.69) is 10.6 Å². The Hall–Kier alpha value is -3.22. The van der Waals surface area contributed by atoms with Crippen molar-refractivity contribution in [3.8, 4) is 11.5 Å². The fourth-order valence-corrected chi connectivity index (χ4v) is 2.75. The monoisotopic (exact) mass is 399 g/mol. The average Bonchev–Trinajstić information content (AvgIpc) is 2.69. The lowest BCUT2D eigenvalue weighted by Gasteiger charge is -2.20. The molecule has 3 amide bonds. The van der Waals surface area contributed by atoms with Crippen molar-refractivity contribution in [3.05, 3.63) is 48.0 Å². The second-order valence-corrected chi connectivity index (χ2v) is 7.19. The molecule has 0 bridgehead atoms. The minimum Gasteiger partial charge on any atom is -0.497 e. The SMILES string of the molecule is COc1ccc(CN(C)C(=O)Nc2ccc(NC(=O)CC(C)C)cc2)c(OC)c1. The van der Waals surface area contributed by atoms with Crippen LogP contribution in [0, 0.1) is 5.92 Å².